The van der Waals surface area contributed by atoms with Crippen LogP contribution < -0.4 is 11.2 Å². The van der Waals surface area contributed by atoms with Gasteiger partial charge in [0, 0.05) is 24.0 Å². The van der Waals surface area contributed by atoms with E-state index in [4.69, 9.17) is 15.0 Å². The lowest BCUT2D eigenvalue weighted by Crippen LogP contribution is -2.47. The Morgan fingerprint density at radius 3 is 2.67 bits per heavy atom. The maximum absolute atomic E-state index is 13.9. The summed E-state index contributed by atoms with van der Waals surface area (Å²) in [5, 5.41) is 10.1. The van der Waals surface area contributed by atoms with Crippen molar-refractivity contribution in [2.75, 3.05) is 18.9 Å². The zero-order valence-corrected chi connectivity index (χ0v) is 12.6. The molecule has 21 heavy (non-hydrogen) atoms. The molecule has 0 spiro atoms. The first kappa shape index (κ1) is 14.3. The van der Waals surface area contributed by atoms with Crippen molar-refractivity contribution in [3.05, 3.63) is 23.5 Å². The van der Waals surface area contributed by atoms with Gasteiger partial charge in [-0.15, -0.1) is 11.3 Å². The van der Waals surface area contributed by atoms with Gasteiger partial charge in [0.05, 0.1) is 10.3 Å². The van der Waals surface area contributed by atoms with Gasteiger partial charge in [-0.2, -0.15) is 5.26 Å². The van der Waals surface area contributed by atoms with Gasteiger partial charge >= 0.3 is 7.12 Å². The van der Waals surface area contributed by atoms with Crippen LogP contribution in [0, 0.1) is 22.6 Å². The van der Waals surface area contributed by atoms with Gasteiger partial charge in [0.15, 0.2) is 0 Å². The first-order valence-electron chi connectivity index (χ1n) is 6.56. The minimum atomic E-state index is -0.595. The lowest BCUT2D eigenvalue weighted by atomic mass is 9.73. The topological polar surface area (TPSA) is 68.3 Å². The second-order valence-electron chi connectivity index (χ2n) is 5.91. The van der Waals surface area contributed by atoms with E-state index in [9.17, 15) is 9.65 Å². The van der Waals surface area contributed by atoms with Crippen LogP contribution in [-0.2, 0) is 9.31 Å². The molecule has 2 N–H and O–H groups in total. The maximum Gasteiger partial charge on any atom is 0.494 e. The van der Waals surface area contributed by atoms with E-state index in [1.165, 1.54) is 6.07 Å². The summed E-state index contributed by atoms with van der Waals surface area (Å²) in [7, 11) is -0.595. The van der Waals surface area contributed by atoms with E-state index >= 15 is 0 Å². The van der Waals surface area contributed by atoms with Gasteiger partial charge in [-0.05, 0) is 11.5 Å². The third-order valence-corrected chi connectivity index (χ3v) is 4.49. The maximum atomic E-state index is 13.9. The summed E-state index contributed by atoms with van der Waals surface area (Å²) in [4.78, 5) is 0. The molecule has 0 saturated carbocycles. The second kappa shape index (κ2) is 4.99. The lowest BCUT2D eigenvalue weighted by Gasteiger charge is -2.33. The van der Waals surface area contributed by atoms with E-state index in [1.807, 2.05) is 19.9 Å². The van der Waals surface area contributed by atoms with Gasteiger partial charge in [-0.1, -0.05) is 19.9 Å². The monoisotopic (exact) mass is 304 g/mol. The van der Waals surface area contributed by atoms with Crippen LogP contribution in [0.25, 0.3) is 10.1 Å². The molecule has 4 nitrogen and oxygen atoms in total. The normalized spacial score (nSPS) is 17.9. The van der Waals surface area contributed by atoms with Crippen LogP contribution in [0.3, 0.4) is 0 Å². The number of nitrogens with two attached hydrogens (primary N) is 1. The van der Waals surface area contributed by atoms with Crippen LogP contribution >= 0.6 is 11.3 Å². The molecule has 1 aliphatic rings. The molecule has 1 fully saturated rings. The van der Waals surface area contributed by atoms with Crippen LogP contribution in [0.2, 0.25) is 0 Å². The van der Waals surface area contributed by atoms with Crippen molar-refractivity contribution in [2.45, 2.75) is 13.8 Å². The number of hydrogen-bond acceptors (Lipinski definition) is 5. The minimum absolute atomic E-state index is 0.0542. The summed E-state index contributed by atoms with van der Waals surface area (Å²) in [5.74, 6) is -0.386. The van der Waals surface area contributed by atoms with Crippen LogP contribution in [0.4, 0.5) is 9.39 Å². The van der Waals surface area contributed by atoms with Crippen LogP contribution in [0.15, 0.2) is 12.1 Å². The summed E-state index contributed by atoms with van der Waals surface area (Å²) in [5.41, 5.74) is 6.72. The Morgan fingerprint density at radius 2 is 2.05 bits per heavy atom. The van der Waals surface area contributed by atoms with Crippen LogP contribution in [-0.4, -0.2) is 20.3 Å². The van der Waals surface area contributed by atoms with Gasteiger partial charge in [-0.25, -0.2) is 4.39 Å². The highest BCUT2D eigenvalue weighted by Gasteiger charge is 2.35. The molecule has 0 aliphatic carbocycles. The van der Waals surface area contributed by atoms with Crippen molar-refractivity contribution in [2.24, 2.45) is 5.41 Å². The number of nitriles is 1. The number of nitrogen functional groups attached to an aromatic ring is 1. The third kappa shape index (κ3) is 2.40. The molecule has 0 unspecified atom stereocenters. The molecule has 1 aliphatic heterocycles. The van der Waals surface area contributed by atoms with Crippen molar-refractivity contribution in [1.29, 1.82) is 5.26 Å². The molecular weight excluding hydrogens is 290 g/mol. The van der Waals surface area contributed by atoms with Gasteiger partial charge in [0.25, 0.3) is 0 Å². The number of thiophene rings is 1. The van der Waals surface area contributed by atoms with Gasteiger partial charge in [0.1, 0.15) is 16.9 Å². The number of halogens is 1. The zero-order chi connectivity index (χ0) is 15.2. The first-order chi connectivity index (χ1) is 9.93. The molecule has 2 aromatic rings. The summed E-state index contributed by atoms with van der Waals surface area (Å²) in [6, 6.07) is 5.02. The lowest BCUT2D eigenvalue weighted by molar-refractivity contribution is 0.0344. The van der Waals surface area contributed by atoms with Crippen molar-refractivity contribution in [3.8, 4) is 6.07 Å². The molecule has 0 amide bonds. The number of fused-ring (bicyclic) bond motifs is 1. The summed E-state index contributed by atoms with van der Waals surface area (Å²) in [6.07, 6.45) is 0. The van der Waals surface area contributed by atoms with Crippen molar-refractivity contribution in [3.63, 3.8) is 0 Å². The highest BCUT2D eigenvalue weighted by molar-refractivity contribution is 7.23. The minimum Gasteiger partial charge on any atom is -0.407 e. The zero-order valence-electron chi connectivity index (χ0n) is 11.8. The number of rotatable bonds is 1. The standard InChI is InChI=1S/C14H14BFN2O2S/c1-14(2)6-19-15(20-7-14)9-3-4-10(16)12-11(9)8(5-17)13(18)21-12/h3-4H,6-7,18H2,1-2H3. The molecule has 7 heteroatoms. The quantitative estimate of drug-likeness (QED) is 0.821. The molecule has 3 rings (SSSR count). The Bertz CT molecular complexity index is 743. The first-order valence-corrected chi connectivity index (χ1v) is 7.38. The Balaban J connectivity index is 2.12. The van der Waals surface area contributed by atoms with Gasteiger partial charge in [-0.3, -0.25) is 0 Å². The number of benzene rings is 1. The molecular formula is C14H14BFN2O2S. The summed E-state index contributed by atoms with van der Waals surface area (Å²) >= 11 is 1.08. The molecule has 1 saturated heterocycles. The van der Waals surface area contributed by atoms with E-state index in [-0.39, 0.29) is 11.2 Å². The Kier molecular flexibility index (Phi) is 3.40. The number of nitrogens with zero attached hydrogens (tertiary/aromatic N) is 1. The van der Waals surface area contributed by atoms with E-state index in [0.29, 0.717) is 39.3 Å². The highest BCUT2D eigenvalue weighted by atomic mass is 32.1. The van der Waals surface area contributed by atoms with Crippen molar-refractivity contribution < 1.29 is 13.7 Å². The Morgan fingerprint density at radius 1 is 1.38 bits per heavy atom. The largest absolute Gasteiger partial charge is 0.494 e. The average Bonchev–Trinajstić information content (AvgIpc) is 2.77. The van der Waals surface area contributed by atoms with Crippen molar-refractivity contribution in [1.82, 2.24) is 0 Å². The predicted molar refractivity (Wildman–Crippen MR) is 82.0 cm³/mol. The molecule has 0 bridgehead atoms. The Hall–Kier alpha value is -1.62. The summed E-state index contributed by atoms with van der Waals surface area (Å²) < 4.78 is 25.8. The van der Waals surface area contributed by atoms with Gasteiger partial charge in [0.2, 0.25) is 0 Å². The van der Waals surface area contributed by atoms with E-state index < -0.39 is 7.12 Å². The highest BCUT2D eigenvalue weighted by Crippen LogP contribution is 2.34. The predicted octanol–water partition coefficient (Wildman–Crippen LogP) is 2.26. The molecule has 108 valence electrons. The molecule has 0 radical (unpaired) electrons. The smallest absolute Gasteiger partial charge is 0.407 e. The molecule has 1 aromatic heterocycles. The van der Waals surface area contributed by atoms with Crippen LogP contribution in [0.5, 0.6) is 0 Å². The van der Waals surface area contributed by atoms with E-state index in [0.717, 1.165) is 11.3 Å². The molecule has 1 aromatic carbocycles. The fourth-order valence-electron chi connectivity index (χ4n) is 2.39. The average molecular weight is 304 g/mol. The number of anilines is 1. The third-order valence-electron chi connectivity index (χ3n) is 3.47. The second-order valence-corrected chi connectivity index (χ2v) is 6.96. The van der Waals surface area contributed by atoms with Gasteiger partial charge < -0.3 is 15.0 Å². The SMILES string of the molecule is CC1(C)COB(c2ccc(F)c3sc(N)c(C#N)c23)OC1. The van der Waals surface area contributed by atoms with Crippen molar-refractivity contribution >= 4 is 39.0 Å². The fourth-order valence-corrected chi connectivity index (χ4v) is 3.35. The van der Waals surface area contributed by atoms with E-state index in [1.54, 1.807) is 6.07 Å². The molecule has 2 heterocycles. The summed E-state index contributed by atoms with van der Waals surface area (Å²) in [6.45, 7) is 5.18. The fraction of sp³-hybridized carbons (Fsp3) is 0.357. The van der Waals surface area contributed by atoms with E-state index in [2.05, 4.69) is 0 Å². The number of hydrogen-bond donors (Lipinski definition) is 1. The van der Waals surface area contributed by atoms with Crippen LogP contribution in [0.1, 0.15) is 19.4 Å². The Labute approximate surface area is 126 Å². The molecule has 0 atom stereocenters.